The summed E-state index contributed by atoms with van der Waals surface area (Å²) in [7, 11) is -3.13. The highest BCUT2D eigenvalue weighted by Crippen LogP contribution is 2.38. The Balaban J connectivity index is 1.34. The van der Waals surface area contributed by atoms with Crippen LogP contribution in [0.2, 0.25) is 0 Å². The van der Waals surface area contributed by atoms with E-state index in [9.17, 15) is 18.0 Å². The molecular weight excluding hydrogens is 479 g/mol. The van der Waals surface area contributed by atoms with Crippen LogP contribution < -0.4 is 0 Å². The molecule has 2 heterocycles. The van der Waals surface area contributed by atoms with Crippen molar-refractivity contribution in [1.29, 1.82) is 0 Å². The number of halogens is 2. The van der Waals surface area contributed by atoms with Gasteiger partial charge in [0.15, 0.2) is 5.69 Å². The third kappa shape index (κ3) is 4.28. The van der Waals surface area contributed by atoms with Crippen molar-refractivity contribution < 1.29 is 22.6 Å². The van der Waals surface area contributed by atoms with E-state index in [-0.39, 0.29) is 23.2 Å². The number of hydrogen-bond donors (Lipinski definition) is 1. The molecule has 1 N–H and O–H groups in total. The first-order chi connectivity index (χ1) is 14.4. The summed E-state index contributed by atoms with van der Waals surface area (Å²) in [6.07, 6.45) is 3.80. The summed E-state index contributed by atoms with van der Waals surface area (Å²) in [6, 6.07) is 4.55. The maximum atomic E-state index is 13.4. The molecule has 2 aromatic rings. The van der Waals surface area contributed by atoms with Gasteiger partial charge in [-0.3, -0.25) is 0 Å². The van der Waals surface area contributed by atoms with Crippen LogP contribution in [-0.2, 0) is 22.9 Å². The second-order valence-corrected chi connectivity index (χ2v) is 10.9. The Morgan fingerprint density at radius 1 is 1.33 bits per heavy atom. The predicted molar refractivity (Wildman–Crippen MR) is 110 cm³/mol. The minimum absolute atomic E-state index is 0.232. The van der Waals surface area contributed by atoms with Crippen molar-refractivity contribution >= 4 is 31.7 Å². The Kier molecular flexibility index (Phi) is 6.21. The zero-order chi connectivity index (χ0) is 21.3. The molecule has 0 atom stereocenters. The normalized spacial score (nSPS) is 22.5. The number of aryl methyl sites for hydroxylation is 1. The van der Waals surface area contributed by atoms with Gasteiger partial charge < -0.3 is 5.21 Å². The smallest absolute Gasteiger partial charge is 0.217 e. The van der Waals surface area contributed by atoms with Crippen LogP contribution in [-0.4, -0.2) is 52.3 Å². The molecule has 1 aliphatic carbocycles. The van der Waals surface area contributed by atoms with Gasteiger partial charge in [-0.25, -0.2) is 21.7 Å². The van der Waals surface area contributed by atoms with E-state index in [0.717, 1.165) is 18.4 Å². The van der Waals surface area contributed by atoms with Crippen molar-refractivity contribution in [2.45, 2.75) is 43.8 Å². The Morgan fingerprint density at radius 2 is 2.10 bits per heavy atom. The molecule has 1 aromatic carbocycles. The molecular formula is C19H22BrFN4O4S. The lowest BCUT2D eigenvalue weighted by atomic mass is 9.81. The third-order valence-corrected chi connectivity index (χ3v) is 8.80. The van der Waals surface area contributed by atoms with Gasteiger partial charge in [0.05, 0.1) is 9.72 Å². The molecule has 0 bridgehead atoms. The fraction of sp³-hybridized carbons (Fsp3) is 0.526. The van der Waals surface area contributed by atoms with Crippen LogP contribution >= 0.6 is 15.9 Å². The van der Waals surface area contributed by atoms with Crippen LogP contribution in [0.4, 0.5) is 4.39 Å². The van der Waals surface area contributed by atoms with Gasteiger partial charge in [-0.15, -0.1) is 0 Å². The molecule has 11 heteroatoms. The Hall–Kier alpha value is -1.85. The summed E-state index contributed by atoms with van der Waals surface area (Å²) in [5, 5.41) is 20.3. The van der Waals surface area contributed by atoms with Crippen molar-refractivity contribution in [2.24, 2.45) is 11.1 Å². The number of nitrogens with zero attached hydrogens (tertiary/aromatic N) is 4. The van der Waals surface area contributed by atoms with Crippen molar-refractivity contribution in [3.05, 3.63) is 45.4 Å². The highest BCUT2D eigenvalue weighted by atomic mass is 79.9. The molecule has 4 rings (SSSR count). The van der Waals surface area contributed by atoms with Gasteiger partial charge >= 0.3 is 0 Å². The Bertz CT molecular complexity index is 1050. The molecule has 0 amide bonds. The minimum Gasteiger partial charge on any atom is -0.411 e. The molecule has 1 saturated carbocycles. The lowest BCUT2D eigenvalue weighted by Gasteiger charge is -2.40. The van der Waals surface area contributed by atoms with Crippen LogP contribution in [0.25, 0.3) is 0 Å². The molecule has 1 aromatic heterocycles. The second-order valence-electron chi connectivity index (χ2n) is 7.83. The van der Waals surface area contributed by atoms with Gasteiger partial charge in [-0.1, -0.05) is 16.4 Å². The first kappa shape index (κ1) is 21.4. The highest BCUT2D eigenvalue weighted by molar-refractivity contribution is 9.10. The summed E-state index contributed by atoms with van der Waals surface area (Å²) in [5.41, 5.74) is 1.94. The van der Waals surface area contributed by atoms with E-state index in [0.29, 0.717) is 54.1 Å². The fourth-order valence-electron chi connectivity index (χ4n) is 3.85. The summed E-state index contributed by atoms with van der Waals surface area (Å²) in [6.45, 7) is 1.29. The Labute approximate surface area is 182 Å². The molecule has 0 unspecified atom stereocenters. The van der Waals surface area contributed by atoms with Crippen LogP contribution in [0.5, 0.6) is 0 Å². The van der Waals surface area contributed by atoms with E-state index in [1.54, 1.807) is 16.4 Å². The quantitative estimate of drug-likeness (QED) is 0.338. The molecule has 2 fully saturated rings. The number of oxime groups is 1. The second kappa shape index (κ2) is 8.72. The molecule has 0 spiro atoms. The zero-order valence-electron chi connectivity index (χ0n) is 16.2. The van der Waals surface area contributed by atoms with Crippen LogP contribution in [0, 0.1) is 11.7 Å². The standard InChI is InChI=1S/C19H22BrFN4O4S/c20-15-10-13(2-4-16(15)21)11-18(22-26)19-17(23-29-24-19)5-3-12-8-14(9-12)30(27,28)25-6-1-7-25/h2,4,10,12,14,26H,1,3,5-9,11H2/b22-18+. The van der Waals surface area contributed by atoms with E-state index >= 15 is 0 Å². The number of sulfonamides is 1. The van der Waals surface area contributed by atoms with Crippen LogP contribution in [0.15, 0.2) is 32.5 Å². The average molecular weight is 501 g/mol. The highest BCUT2D eigenvalue weighted by Gasteiger charge is 2.43. The van der Waals surface area contributed by atoms with E-state index in [1.165, 1.54) is 6.07 Å². The number of hydrogen-bond acceptors (Lipinski definition) is 7. The molecule has 1 saturated heterocycles. The van der Waals surface area contributed by atoms with Crippen molar-refractivity contribution in [1.82, 2.24) is 14.6 Å². The first-order valence-electron chi connectivity index (χ1n) is 9.84. The predicted octanol–water partition coefficient (Wildman–Crippen LogP) is 3.14. The fourth-order valence-corrected chi connectivity index (χ4v) is 6.49. The largest absolute Gasteiger partial charge is 0.411 e. The van der Waals surface area contributed by atoms with Gasteiger partial charge in [-0.05, 0) is 76.8 Å². The van der Waals surface area contributed by atoms with Crippen LogP contribution in [0.3, 0.4) is 0 Å². The van der Waals surface area contributed by atoms with Crippen molar-refractivity contribution in [3.8, 4) is 0 Å². The van der Waals surface area contributed by atoms with Gasteiger partial charge in [0.2, 0.25) is 10.0 Å². The van der Waals surface area contributed by atoms with Gasteiger partial charge in [0.1, 0.15) is 17.2 Å². The van der Waals surface area contributed by atoms with Gasteiger partial charge in [0.25, 0.3) is 0 Å². The summed E-state index contributed by atoms with van der Waals surface area (Å²) in [4.78, 5) is 0. The van der Waals surface area contributed by atoms with Gasteiger partial charge in [0, 0.05) is 19.5 Å². The molecule has 1 aliphatic heterocycles. The molecule has 162 valence electrons. The van der Waals surface area contributed by atoms with E-state index in [4.69, 9.17) is 4.63 Å². The SMILES string of the molecule is O=S(=O)(C1CC(CCc2nonc2/C(Cc2ccc(F)c(Br)c2)=N/O)C1)N1CCC1. The molecule has 8 nitrogen and oxygen atoms in total. The topological polar surface area (TPSA) is 109 Å². The maximum Gasteiger partial charge on any atom is 0.217 e. The van der Waals surface area contributed by atoms with E-state index in [1.807, 2.05) is 0 Å². The molecule has 30 heavy (non-hydrogen) atoms. The minimum atomic E-state index is -3.13. The number of rotatable bonds is 8. The monoisotopic (exact) mass is 500 g/mol. The van der Waals surface area contributed by atoms with Crippen LogP contribution in [0.1, 0.15) is 42.6 Å². The lowest BCUT2D eigenvalue weighted by molar-refractivity contribution is 0.256. The van der Waals surface area contributed by atoms with E-state index in [2.05, 4.69) is 31.4 Å². The first-order valence-corrected chi connectivity index (χ1v) is 12.1. The Morgan fingerprint density at radius 3 is 2.73 bits per heavy atom. The van der Waals surface area contributed by atoms with Gasteiger partial charge in [-0.2, -0.15) is 0 Å². The van der Waals surface area contributed by atoms with Crippen molar-refractivity contribution in [3.63, 3.8) is 0 Å². The third-order valence-electron chi connectivity index (χ3n) is 5.88. The zero-order valence-corrected chi connectivity index (χ0v) is 18.6. The maximum absolute atomic E-state index is 13.4. The number of aromatic nitrogens is 2. The summed E-state index contributed by atoms with van der Waals surface area (Å²) in [5.74, 6) is -0.0712. The lowest BCUT2D eigenvalue weighted by Crippen LogP contribution is -2.50. The van der Waals surface area contributed by atoms with E-state index < -0.39 is 10.0 Å². The van der Waals surface area contributed by atoms with Crippen molar-refractivity contribution in [2.75, 3.05) is 13.1 Å². The average Bonchev–Trinajstić information content (AvgIpc) is 3.07. The molecule has 0 radical (unpaired) electrons. The molecule has 2 aliphatic rings. The summed E-state index contributed by atoms with van der Waals surface area (Å²) < 4.78 is 45.0. The summed E-state index contributed by atoms with van der Waals surface area (Å²) >= 11 is 3.14. The number of benzene rings is 1.